The fraction of sp³-hybridized carbons (Fsp3) is 0.444. The number of piperazine rings is 1. The second-order valence-electron chi connectivity index (χ2n) is 6.48. The molecule has 1 amide bonds. The Kier molecular flexibility index (Phi) is 5.51. The van der Waals surface area contributed by atoms with Crippen LogP contribution in [-0.2, 0) is 4.79 Å². The number of carbonyl (C=O) groups excluding carboxylic acids is 1. The number of rotatable bonds is 5. The summed E-state index contributed by atoms with van der Waals surface area (Å²) in [6.45, 7) is 3.31. The number of halogens is 2. The van der Waals surface area contributed by atoms with Gasteiger partial charge in [0.25, 0.3) is 0 Å². The van der Waals surface area contributed by atoms with Gasteiger partial charge in [-0.05, 0) is 25.5 Å². The lowest BCUT2D eigenvalue weighted by Gasteiger charge is -2.41. The van der Waals surface area contributed by atoms with Crippen molar-refractivity contribution in [1.29, 1.82) is 0 Å². The summed E-state index contributed by atoms with van der Waals surface area (Å²) in [7, 11) is 0. The molecule has 3 rings (SSSR count). The van der Waals surface area contributed by atoms with Crippen LogP contribution in [0.5, 0.6) is 0 Å². The number of anilines is 1. The smallest absolute Gasteiger partial charge is 0.222 e. The van der Waals surface area contributed by atoms with Crippen molar-refractivity contribution >= 4 is 11.6 Å². The molecule has 0 spiro atoms. The number of hydrogen-bond acceptors (Lipinski definition) is 5. The highest BCUT2D eigenvalue weighted by Crippen LogP contribution is 2.24. The van der Waals surface area contributed by atoms with Gasteiger partial charge in [-0.2, -0.15) is 0 Å². The highest BCUT2D eigenvalue weighted by molar-refractivity contribution is 5.76. The zero-order valence-corrected chi connectivity index (χ0v) is 14.4. The molecule has 0 bridgehead atoms. The second kappa shape index (κ2) is 7.82. The van der Waals surface area contributed by atoms with Crippen LogP contribution in [0.2, 0.25) is 0 Å². The van der Waals surface area contributed by atoms with E-state index in [1.54, 1.807) is 4.90 Å². The quantitative estimate of drug-likeness (QED) is 0.882. The first-order chi connectivity index (χ1) is 12.4. The minimum atomic E-state index is -0.841. The largest absolute Gasteiger partial charge is 0.451 e. The number of aliphatic hydroxyl groups is 1. The van der Waals surface area contributed by atoms with Gasteiger partial charge in [0.2, 0.25) is 5.91 Å². The maximum atomic E-state index is 13.4. The molecule has 1 unspecified atom stereocenters. The third kappa shape index (κ3) is 4.19. The van der Waals surface area contributed by atoms with Gasteiger partial charge in [0.05, 0.1) is 6.10 Å². The average Bonchev–Trinajstić information content (AvgIpc) is 3.13. The van der Waals surface area contributed by atoms with Crippen LogP contribution in [0, 0.1) is 11.6 Å². The molecule has 2 atom stereocenters. The molecule has 1 aromatic heterocycles. The molecule has 0 aliphatic carbocycles. The van der Waals surface area contributed by atoms with Gasteiger partial charge in [0.1, 0.15) is 23.6 Å². The minimum absolute atomic E-state index is 0.0653. The number of nitrogens with zero attached hydrogens (tertiary/aromatic N) is 3. The van der Waals surface area contributed by atoms with E-state index in [0.29, 0.717) is 31.0 Å². The summed E-state index contributed by atoms with van der Waals surface area (Å²) >= 11 is 0. The average molecular weight is 365 g/mol. The number of aromatic nitrogens is 1. The van der Waals surface area contributed by atoms with Gasteiger partial charge in [-0.15, -0.1) is 0 Å². The molecule has 1 aliphatic heterocycles. The molecule has 2 heterocycles. The van der Waals surface area contributed by atoms with Gasteiger partial charge in [-0.1, -0.05) is 0 Å². The number of amides is 1. The molecule has 2 aromatic rings. The highest BCUT2D eigenvalue weighted by atomic mass is 19.1. The van der Waals surface area contributed by atoms with E-state index in [2.05, 4.69) is 4.98 Å². The van der Waals surface area contributed by atoms with Crippen LogP contribution in [0.25, 0.3) is 0 Å². The fourth-order valence-corrected chi connectivity index (χ4v) is 3.23. The van der Waals surface area contributed by atoms with E-state index in [9.17, 15) is 18.7 Å². The fourth-order valence-electron chi connectivity index (χ4n) is 3.23. The van der Waals surface area contributed by atoms with Crippen molar-refractivity contribution in [1.82, 2.24) is 9.88 Å². The maximum absolute atomic E-state index is 13.4. The van der Waals surface area contributed by atoms with Gasteiger partial charge in [-0.3, -0.25) is 4.79 Å². The van der Waals surface area contributed by atoms with Crippen LogP contribution in [-0.4, -0.2) is 46.6 Å². The van der Waals surface area contributed by atoms with Crippen LogP contribution in [0.3, 0.4) is 0 Å². The lowest BCUT2D eigenvalue weighted by Crippen LogP contribution is -2.53. The minimum Gasteiger partial charge on any atom is -0.451 e. The Labute approximate surface area is 150 Å². The molecule has 8 heteroatoms. The van der Waals surface area contributed by atoms with E-state index < -0.39 is 17.7 Å². The third-order valence-corrected chi connectivity index (χ3v) is 4.58. The van der Waals surface area contributed by atoms with E-state index in [4.69, 9.17) is 4.42 Å². The Hall–Kier alpha value is -2.48. The zero-order valence-electron chi connectivity index (χ0n) is 14.4. The van der Waals surface area contributed by atoms with Crippen LogP contribution >= 0.6 is 0 Å². The van der Waals surface area contributed by atoms with E-state index in [-0.39, 0.29) is 24.8 Å². The van der Waals surface area contributed by atoms with E-state index in [0.717, 1.165) is 6.07 Å². The van der Waals surface area contributed by atoms with Crippen molar-refractivity contribution in [2.75, 3.05) is 24.5 Å². The first-order valence-corrected chi connectivity index (χ1v) is 8.50. The van der Waals surface area contributed by atoms with Crippen LogP contribution in [0.1, 0.15) is 31.6 Å². The van der Waals surface area contributed by atoms with Crippen LogP contribution < -0.4 is 4.90 Å². The Morgan fingerprint density at radius 3 is 2.69 bits per heavy atom. The summed E-state index contributed by atoms with van der Waals surface area (Å²) in [4.78, 5) is 19.9. The SMILES string of the molecule is C[C@H]1CN(C(=O)CCC(O)c2cocn2)CCN1c1cc(F)cc(F)c1. The summed E-state index contributed by atoms with van der Waals surface area (Å²) in [6, 6.07) is 3.36. The Morgan fingerprint density at radius 2 is 2.08 bits per heavy atom. The molecule has 1 aromatic carbocycles. The van der Waals surface area contributed by atoms with Crippen molar-refractivity contribution in [2.45, 2.75) is 31.9 Å². The molecule has 1 aliphatic rings. The highest BCUT2D eigenvalue weighted by Gasteiger charge is 2.27. The van der Waals surface area contributed by atoms with E-state index >= 15 is 0 Å². The molecule has 0 radical (unpaired) electrons. The lowest BCUT2D eigenvalue weighted by atomic mass is 10.1. The molecule has 0 saturated carbocycles. The van der Waals surface area contributed by atoms with Gasteiger partial charge in [0.15, 0.2) is 6.39 Å². The van der Waals surface area contributed by atoms with Crippen molar-refractivity contribution in [3.8, 4) is 0 Å². The Balaban J connectivity index is 1.55. The second-order valence-corrected chi connectivity index (χ2v) is 6.48. The number of oxazole rings is 1. The lowest BCUT2D eigenvalue weighted by molar-refractivity contribution is -0.132. The predicted molar refractivity (Wildman–Crippen MR) is 90.4 cm³/mol. The summed E-state index contributed by atoms with van der Waals surface area (Å²) in [5.74, 6) is -1.30. The maximum Gasteiger partial charge on any atom is 0.222 e. The van der Waals surface area contributed by atoms with Crippen molar-refractivity contribution in [3.63, 3.8) is 0 Å². The molecule has 26 heavy (non-hydrogen) atoms. The number of carbonyl (C=O) groups is 1. The molecule has 1 saturated heterocycles. The topological polar surface area (TPSA) is 69.8 Å². The molecular weight excluding hydrogens is 344 g/mol. The van der Waals surface area contributed by atoms with Gasteiger partial charge in [0, 0.05) is 43.9 Å². The predicted octanol–water partition coefficient (Wildman–Crippen LogP) is 2.50. The normalized spacial score (nSPS) is 18.8. The Morgan fingerprint density at radius 1 is 1.35 bits per heavy atom. The van der Waals surface area contributed by atoms with Gasteiger partial charge >= 0.3 is 0 Å². The molecule has 1 N–H and O–H groups in total. The Bertz CT molecular complexity index is 734. The van der Waals surface area contributed by atoms with Crippen molar-refractivity contribution in [3.05, 3.63) is 48.2 Å². The monoisotopic (exact) mass is 365 g/mol. The number of aliphatic hydroxyl groups excluding tert-OH is 1. The standard InChI is InChI=1S/C18H21F2N3O3/c1-12-9-22(18(25)3-2-17(24)16-10-26-11-21-16)4-5-23(12)15-7-13(19)6-14(20)8-15/h6-8,10-12,17,24H,2-5,9H2,1H3/t12-,17?/m0/s1. The van der Waals surface area contributed by atoms with E-state index in [1.807, 2.05) is 11.8 Å². The van der Waals surface area contributed by atoms with Crippen molar-refractivity contribution < 1.29 is 23.1 Å². The summed E-state index contributed by atoms with van der Waals surface area (Å²) in [6.07, 6.45) is 2.20. The molecule has 1 fully saturated rings. The molecular formula is C18H21F2N3O3. The summed E-state index contributed by atoms with van der Waals surface area (Å²) in [5, 5.41) is 9.98. The third-order valence-electron chi connectivity index (χ3n) is 4.58. The van der Waals surface area contributed by atoms with Crippen LogP contribution in [0.15, 0.2) is 35.3 Å². The number of hydrogen-bond donors (Lipinski definition) is 1. The van der Waals surface area contributed by atoms with Gasteiger partial charge in [-0.25, -0.2) is 13.8 Å². The van der Waals surface area contributed by atoms with Crippen LogP contribution in [0.4, 0.5) is 14.5 Å². The zero-order chi connectivity index (χ0) is 18.7. The number of benzene rings is 1. The summed E-state index contributed by atoms with van der Waals surface area (Å²) in [5.41, 5.74) is 0.882. The molecule has 6 nitrogen and oxygen atoms in total. The van der Waals surface area contributed by atoms with E-state index in [1.165, 1.54) is 24.8 Å². The first-order valence-electron chi connectivity index (χ1n) is 8.50. The van der Waals surface area contributed by atoms with Crippen molar-refractivity contribution in [2.24, 2.45) is 0 Å². The molecule has 140 valence electrons. The first kappa shape index (κ1) is 18.3. The van der Waals surface area contributed by atoms with Gasteiger partial charge < -0.3 is 19.3 Å². The summed E-state index contributed by atoms with van der Waals surface area (Å²) < 4.78 is 31.7.